The van der Waals surface area contributed by atoms with E-state index in [1.165, 1.54) is 199 Å². The number of phosphoric acid groups is 1. The Morgan fingerprint density at radius 2 is 0.831 bits per heavy atom. The zero-order valence-electron chi connectivity index (χ0n) is 51.7. The van der Waals surface area contributed by atoms with Crippen LogP contribution in [0.3, 0.4) is 0 Å². The minimum Gasteiger partial charge on any atom is -0.456 e. The number of amides is 1. The van der Waals surface area contributed by atoms with E-state index in [9.17, 15) is 19.0 Å². The van der Waals surface area contributed by atoms with Crippen molar-refractivity contribution in [3.63, 3.8) is 0 Å². The molecule has 0 heterocycles. The van der Waals surface area contributed by atoms with Crippen LogP contribution in [-0.4, -0.2) is 74.3 Å². The van der Waals surface area contributed by atoms with Crippen molar-refractivity contribution in [1.29, 1.82) is 0 Å². The molecule has 0 radical (unpaired) electrons. The highest BCUT2D eigenvalue weighted by atomic mass is 31.2. The molecule has 0 bridgehead atoms. The zero-order valence-corrected chi connectivity index (χ0v) is 52.6. The summed E-state index contributed by atoms with van der Waals surface area (Å²) in [5.41, 5.74) is 0. The predicted octanol–water partition coefficient (Wildman–Crippen LogP) is 20.5. The third kappa shape index (κ3) is 58.4. The van der Waals surface area contributed by atoms with Crippen molar-refractivity contribution in [2.75, 3.05) is 40.9 Å². The van der Waals surface area contributed by atoms with E-state index in [1.54, 1.807) is 0 Å². The molecule has 9 nitrogen and oxygen atoms in total. The molecule has 3 unspecified atom stereocenters. The number of quaternary nitrogens is 1. The van der Waals surface area contributed by atoms with E-state index in [0.29, 0.717) is 17.4 Å². The quantitative estimate of drug-likeness (QED) is 0.0156. The maximum atomic E-state index is 13.6. The number of esters is 1. The zero-order chi connectivity index (χ0) is 56.4. The number of hydrogen-bond acceptors (Lipinski definition) is 6. The lowest BCUT2D eigenvalue weighted by atomic mass is 10.0. The molecule has 0 spiro atoms. The molecule has 0 aliphatic carbocycles. The molecule has 452 valence electrons. The van der Waals surface area contributed by atoms with E-state index in [1.807, 2.05) is 33.3 Å². The lowest BCUT2D eigenvalue weighted by molar-refractivity contribution is -0.870. The Balaban J connectivity index is 4.94. The monoisotopic (exact) mass is 1100 g/mol. The van der Waals surface area contributed by atoms with E-state index in [0.717, 1.165) is 83.5 Å². The molecule has 0 fully saturated rings. The number of phosphoric ester groups is 1. The van der Waals surface area contributed by atoms with Crippen molar-refractivity contribution in [2.24, 2.45) is 0 Å². The van der Waals surface area contributed by atoms with Gasteiger partial charge in [-0.2, -0.15) is 0 Å². The Kier molecular flexibility index (Phi) is 55.7. The molecule has 0 aromatic carbocycles. The van der Waals surface area contributed by atoms with Gasteiger partial charge in [-0.3, -0.25) is 18.6 Å². The number of rotatable bonds is 60. The average molecular weight is 1100 g/mol. The summed E-state index contributed by atoms with van der Waals surface area (Å²) < 4.78 is 30.7. The summed E-state index contributed by atoms with van der Waals surface area (Å²) in [5.74, 6) is -0.518. The second kappa shape index (κ2) is 57.2. The molecule has 2 N–H and O–H groups in total. The molecule has 0 aromatic rings. The Morgan fingerprint density at radius 3 is 1.23 bits per heavy atom. The SMILES string of the molecule is CC/C=C/C=C/C=C\CCCCCCCC(=O)OC(/C=C\CCCCCCCCCCC)C(COP(=O)(O)OCC[N+](C)(C)C)NC(=O)CCCCCCCCCCCCCCCCCCCCCCCCCCCCC. The molecular weight excluding hydrogens is 976 g/mol. The smallest absolute Gasteiger partial charge is 0.456 e. The van der Waals surface area contributed by atoms with Gasteiger partial charge in [0.15, 0.2) is 0 Å². The number of carbonyl (C=O) groups excluding carboxylic acids is 2. The van der Waals surface area contributed by atoms with Crippen molar-refractivity contribution in [1.82, 2.24) is 5.32 Å². The van der Waals surface area contributed by atoms with Crippen LogP contribution in [0.1, 0.15) is 316 Å². The van der Waals surface area contributed by atoms with Crippen LogP contribution in [0.2, 0.25) is 0 Å². The summed E-state index contributed by atoms with van der Waals surface area (Å²) in [6, 6.07) is -0.854. The van der Waals surface area contributed by atoms with Crippen molar-refractivity contribution >= 4 is 19.7 Å². The summed E-state index contributed by atoms with van der Waals surface area (Å²) in [7, 11) is 1.49. The van der Waals surface area contributed by atoms with Crippen molar-refractivity contribution < 1.29 is 37.3 Å². The van der Waals surface area contributed by atoms with Crippen LogP contribution in [0, 0.1) is 0 Å². The van der Waals surface area contributed by atoms with Gasteiger partial charge in [-0.1, -0.05) is 301 Å². The van der Waals surface area contributed by atoms with Crippen LogP contribution in [0.25, 0.3) is 0 Å². The third-order valence-corrected chi connectivity index (χ3v) is 15.8. The molecular formula is C67H128N2O7P+. The Morgan fingerprint density at radius 1 is 0.468 bits per heavy atom. The van der Waals surface area contributed by atoms with Gasteiger partial charge < -0.3 is 19.4 Å². The molecule has 0 rings (SSSR count). The van der Waals surface area contributed by atoms with Gasteiger partial charge in [0.2, 0.25) is 5.91 Å². The highest BCUT2D eigenvalue weighted by molar-refractivity contribution is 7.47. The highest BCUT2D eigenvalue weighted by Crippen LogP contribution is 2.43. The van der Waals surface area contributed by atoms with Gasteiger partial charge in [0.05, 0.1) is 33.8 Å². The van der Waals surface area contributed by atoms with Crippen molar-refractivity contribution in [3.8, 4) is 0 Å². The molecule has 77 heavy (non-hydrogen) atoms. The van der Waals surface area contributed by atoms with E-state index >= 15 is 0 Å². The molecule has 0 aliphatic rings. The third-order valence-electron chi connectivity index (χ3n) is 14.8. The average Bonchev–Trinajstić information content (AvgIpc) is 3.39. The minimum absolute atomic E-state index is 0.0377. The lowest BCUT2D eigenvalue weighted by Crippen LogP contribution is -2.47. The first-order chi connectivity index (χ1) is 37.4. The number of allylic oxidation sites excluding steroid dienone is 7. The van der Waals surface area contributed by atoms with Gasteiger partial charge in [0.1, 0.15) is 19.3 Å². The molecule has 0 saturated heterocycles. The summed E-state index contributed by atoms with van der Waals surface area (Å²) in [5, 5.41) is 3.06. The van der Waals surface area contributed by atoms with Crippen LogP contribution < -0.4 is 5.32 Å². The summed E-state index contributed by atoms with van der Waals surface area (Å²) in [6.07, 6.45) is 71.4. The van der Waals surface area contributed by atoms with E-state index in [4.69, 9.17) is 13.8 Å². The van der Waals surface area contributed by atoms with Crippen LogP contribution in [0.15, 0.2) is 48.6 Å². The molecule has 0 aromatic heterocycles. The first kappa shape index (κ1) is 75.0. The summed E-state index contributed by atoms with van der Waals surface area (Å²) >= 11 is 0. The maximum Gasteiger partial charge on any atom is 0.472 e. The number of unbranched alkanes of at least 4 members (excludes halogenated alkanes) is 40. The normalized spacial score (nSPS) is 13.9. The minimum atomic E-state index is -4.45. The molecule has 10 heteroatoms. The fourth-order valence-electron chi connectivity index (χ4n) is 9.77. The molecule has 0 saturated carbocycles. The van der Waals surface area contributed by atoms with Gasteiger partial charge >= 0.3 is 13.8 Å². The van der Waals surface area contributed by atoms with Gasteiger partial charge in [0.25, 0.3) is 0 Å². The first-order valence-corrected chi connectivity index (χ1v) is 34.5. The molecule has 1 amide bonds. The van der Waals surface area contributed by atoms with Crippen LogP contribution in [0.4, 0.5) is 0 Å². The number of nitrogens with zero attached hydrogens (tertiary/aromatic N) is 1. The van der Waals surface area contributed by atoms with E-state index in [2.05, 4.69) is 62.5 Å². The fourth-order valence-corrected chi connectivity index (χ4v) is 10.5. The molecule has 3 atom stereocenters. The van der Waals surface area contributed by atoms with Crippen LogP contribution in [0.5, 0.6) is 0 Å². The maximum absolute atomic E-state index is 13.6. The topological polar surface area (TPSA) is 111 Å². The predicted molar refractivity (Wildman–Crippen MR) is 332 cm³/mol. The second-order valence-corrected chi connectivity index (χ2v) is 25.1. The van der Waals surface area contributed by atoms with Crippen molar-refractivity contribution in [3.05, 3.63) is 48.6 Å². The Hall–Kier alpha value is -2.03. The standard InChI is InChI=1S/C67H127N2O7P/c1-7-10-13-16-19-22-25-27-28-29-30-31-32-33-34-35-36-37-38-39-40-42-44-47-50-53-56-59-66(70)68-64(63-75-77(72,73)74-62-61-69(4,5)6)65(58-55-52-49-46-43-24-21-18-15-12-9-3)76-67(71)60-57-54-51-48-45-41-26-23-20-17-14-11-8-2/h11,14,17,20,23,26,55,58,64-65H,7-10,12-13,15-16,18-19,21-22,24-25,27-54,56-57,59-63H2,1-6H3,(H-,68,70,72,73)/p+1/b14-11+,20-17+,26-23-,58-55-. The number of ether oxygens (including phenoxy) is 1. The van der Waals surface area contributed by atoms with Crippen LogP contribution in [-0.2, 0) is 27.9 Å². The Bertz CT molecular complexity index is 1460. The Labute approximate surface area is 478 Å². The first-order valence-electron chi connectivity index (χ1n) is 33.0. The van der Waals surface area contributed by atoms with E-state index < -0.39 is 20.0 Å². The summed E-state index contributed by atoms with van der Waals surface area (Å²) in [4.78, 5) is 37.7. The van der Waals surface area contributed by atoms with Gasteiger partial charge in [-0.05, 0) is 51.0 Å². The van der Waals surface area contributed by atoms with Gasteiger partial charge in [0, 0.05) is 12.8 Å². The van der Waals surface area contributed by atoms with Crippen molar-refractivity contribution in [2.45, 2.75) is 328 Å². The lowest BCUT2D eigenvalue weighted by Gasteiger charge is -2.27. The largest absolute Gasteiger partial charge is 0.472 e. The number of carbonyl (C=O) groups is 2. The number of hydrogen-bond donors (Lipinski definition) is 2. The summed E-state index contributed by atoms with van der Waals surface area (Å²) in [6.45, 7) is 6.89. The highest BCUT2D eigenvalue weighted by Gasteiger charge is 2.30. The fraction of sp³-hybridized carbons (Fsp3) is 0.851. The van der Waals surface area contributed by atoms with Gasteiger partial charge in [-0.15, -0.1) is 0 Å². The van der Waals surface area contributed by atoms with Crippen LogP contribution >= 0.6 is 7.82 Å². The van der Waals surface area contributed by atoms with E-state index in [-0.39, 0.29) is 31.5 Å². The van der Waals surface area contributed by atoms with Gasteiger partial charge in [-0.25, -0.2) is 4.57 Å². The molecule has 0 aliphatic heterocycles. The number of likely N-dealkylation sites (N-methyl/N-ethyl adjacent to an activating group) is 1. The second-order valence-electron chi connectivity index (χ2n) is 23.7. The number of nitrogens with one attached hydrogen (secondary N) is 1.